The van der Waals surface area contributed by atoms with E-state index >= 15 is 0 Å². The van der Waals surface area contributed by atoms with Crippen LogP contribution in [0.1, 0.15) is 16.1 Å². The minimum absolute atomic E-state index is 0.137. The molecule has 7 nitrogen and oxygen atoms in total. The molecule has 7 heteroatoms. The SMILES string of the molecule is O=C1c2cc(OCc3ccccc3)nn2CCN1c1ccncn1. The molecular formula is C17H15N5O2. The van der Waals surface area contributed by atoms with Crippen molar-refractivity contribution in [3.05, 3.63) is 66.2 Å². The lowest BCUT2D eigenvalue weighted by Gasteiger charge is -2.25. The first-order valence-electron chi connectivity index (χ1n) is 7.64. The Kier molecular flexibility index (Phi) is 3.66. The largest absolute Gasteiger partial charge is 0.472 e. The van der Waals surface area contributed by atoms with E-state index in [1.165, 1.54) is 6.33 Å². The number of aromatic nitrogens is 4. The summed E-state index contributed by atoms with van der Waals surface area (Å²) >= 11 is 0. The smallest absolute Gasteiger partial charge is 0.277 e. The van der Waals surface area contributed by atoms with Gasteiger partial charge in [-0.15, -0.1) is 5.10 Å². The third kappa shape index (κ3) is 2.71. The Bertz CT molecular complexity index is 848. The summed E-state index contributed by atoms with van der Waals surface area (Å²) in [5.41, 5.74) is 1.56. The van der Waals surface area contributed by atoms with Crippen molar-refractivity contribution in [2.75, 3.05) is 11.4 Å². The Morgan fingerprint density at radius 2 is 2.00 bits per heavy atom. The quantitative estimate of drug-likeness (QED) is 0.734. The number of amides is 1. The van der Waals surface area contributed by atoms with Gasteiger partial charge in [0.25, 0.3) is 5.91 Å². The maximum atomic E-state index is 12.7. The Labute approximate surface area is 138 Å². The molecule has 1 amide bonds. The molecule has 3 heterocycles. The van der Waals surface area contributed by atoms with Crippen molar-refractivity contribution >= 4 is 11.7 Å². The van der Waals surface area contributed by atoms with Crippen molar-refractivity contribution in [1.82, 2.24) is 19.7 Å². The lowest BCUT2D eigenvalue weighted by atomic mass is 10.2. The van der Waals surface area contributed by atoms with E-state index in [0.717, 1.165) is 5.56 Å². The van der Waals surface area contributed by atoms with Gasteiger partial charge in [-0.05, 0) is 11.6 Å². The number of carbonyl (C=O) groups excluding carboxylic acids is 1. The molecule has 0 N–H and O–H groups in total. The van der Waals surface area contributed by atoms with Crippen LogP contribution in [-0.4, -0.2) is 32.2 Å². The minimum Gasteiger partial charge on any atom is -0.472 e. The van der Waals surface area contributed by atoms with E-state index in [2.05, 4.69) is 15.1 Å². The predicted molar refractivity (Wildman–Crippen MR) is 86.7 cm³/mol. The van der Waals surface area contributed by atoms with Crippen molar-refractivity contribution in [3.63, 3.8) is 0 Å². The maximum Gasteiger partial charge on any atom is 0.277 e. The number of benzene rings is 1. The first-order chi connectivity index (χ1) is 11.8. The van der Waals surface area contributed by atoms with Crippen LogP contribution in [-0.2, 0) is 13.2 Å². The number of ether oxygens (including phenoxy) is 1. The van der Waals surface area contributed by atoms with Gasteiger partial charge in [0.1, 0.15) is 24.4 Å². The highest BCUT2D eigenvalue weighted by Crippen LogP contribution is 2.22. The zero-order valence-electron chi connectivity index (χ0n) is 12.9. The predicted octanol–water partition coefficient (Wildman–Crippen LogP) is 1.91. The van der Waals surface area contributed by atoms with Crippen LogP contribution in [0.2, 0.25) is 0 Å². The first-order valence-corrected chi connectivity index (χ1v) is 7.64. The van der Waals surface area contributed by atoms with Crippen LogP contribution in [0.15, 0.2) is 55.0 Å². The fourth-order valence-electron chi connectivity index (χ4n) is 2.63. The van der Waals surface area contributed by atoms with Crippen LogP contribution in [0.25, 0.3) is 0 Å². The van der Waals surface area contributed by atoms with Gasteiger partial charge < -0.3 is 4.74 Å². The van der Waals surface area contributed by atoms with Crippen LogP contribution in [0, 0.1) is 0 Å². The maximum absolute atomic E-state index is 12.7. The van der Waals surface area contributed by atoms with Gasteiger partial charge in [-0.1, -0.05) is 30.3 Å². The number of nitrogens with zero attached hydrogens (tertiary/aromatic N) is 5. The van der Waals surface area contributed by atoms with Gasteiger partial charge in [-0.3, -0.25) is 14.4 Å². The summed E-state index contributed by atoms with van der Waals surface area (Å²) in [5.74, 6) is 0.906. The van der Waals surface area contributed by atoms with Gasteiger partial charge >= 0.3 is 0 Å². The normalized spacial score (nSPS) is 13.7. The minimum atomic E-state index is -0.137. The highest BCUT2D eigenvalue weighted by Gasteiger charge is 2.28. The van der Waals surface area contributed by atoms with Crippen molar-refractivity contribution in [2.24, 2.45) is 0 Å². The number of carbonyl (C=O) groups is 1. The Balaban J connectivity index is 1.52. The van der Waals surface area contributed by atoms with Crippen molar-refractivity contribution in [2.45, 2.75) is 13.2 Å². The van der Waals surface area contributed by atoms with Crippen LogP contribution < -0.4 is 9.64 Å². The molecule has 0 saturated carbocycles. The van der Waals surface area contributed by atoms with E-state index in [1.807, 2.05) is 30.3 Å². The number of anilines is 1. The molecule has 4 rings (SSSR count). The van der Waals surface area contributed by atoms with E-state index in [4.69, 9.17) is 4.74 Å². The summed E-state index contributed by atoms with van der Waals surface area (Å²) in [6.45, 7) is 1.53. The van der Waals surface area contributed by atoms with Gasteiger partial charge in [0, 0.05) is 18.8 Å². The average Bonchev–Trinajstić information content (AvgIpc) is 3.06. The molecule has 2 aromatic heterocycles. The molecule has 24 heavy (non-hydrogen) atoms. The number of fused-ring (bicyclic) bond motifs is 1. The molecule has 0 radical (unpaired) electrons. The monoisotopic (exact) mass is 321 g/mol. The fraction of sp³-hybridized carbons (Fsp3) is 0.176. The van der Waals surface area contributed by atoms with Gasteiger partial charge in [-0.25, -0.2) is 9.97 Å². The summed E-state index contributed by atoms with van der Waals surface area (Å²) < 4.78 is 7.39. The molecule has 0 unspecified atom stereocenters. The molecule has 0 aliphatic carbocycles. The van der Waals surface area contributed by atoms with Gasteiger partial charge in [0.05, 0.1) is 6.54 Å². The average molecular weight is 321 g/mol. The summed E-state index contributed by atoms with van der Waals surface area (Å²) in [6.07, 6.45) is 3.05. The van der Waals surface area contributed by atoms with Gasteiger partial charge in [0.15, 0.2) is 0 Å². The third-order valence-electron chi connectivity index (χ3n) is 3.83. The number of hydrogen-bond donors (Lipinski definition) is 0. The third-order valence-corrected chi connectivity index (χ3v) is 3.83. The molecule has 0 fully saturated rings. The second-order valence-electron chi connectivity index (χ2n) is 5.39. The van der Waals surface area contributed by atoms with E-state index in [1.54, 1.807) is 27.9 Å². The highest BCUT2D eigenvalue weighted by atomic mass is 16.5. The molecule has 1 aliphatic rings. The number of rotatable bonds is 4. The van der Waals surface area contributed by atoms with Crippen LogP contribution in [0.5, 0.6) is 5.88 Å². The van der Waals surface area contributed by atoms with Gasteiger partial charge in [-0.2, -0.15) is 0 Å². The van der Waals surface area contributed by atoms with E-state index in [0.29, 0.717) is 37.1 Å². The Morgan fingerprint density at radius 1 is 1.12 bits per heavy atom. The molecule has 1 aromatic carbocycles. The molecule has 1 aliphatic heterocycles. The summed E-state index contributed by atoms with van der Waals surface area (Å²) in [7, 11) is 0. The standard InChI is InChI=1S/C17H15N5O2/c23-17-14-10-16(24-11-13-4-2-1-3-5-13)20-22(14)9-8-21(17)15-6-7-18-12-19-15/h1-7,10,12H,8-9,11H2. The molecular weight excluding hydrogens is 306 g/mol. The molecule has 0 spiro atoms. The molecule has 0 saturated heterocycles. The van der Waals surface area contributed by atoms with Crippen molar-refractivity contribution in [3.8, 4) is 5.88 Å². The Hall–Kier alpha value is -3.22. The molecule has 0 atom stereocenters. The summed E-state index contributed by atoms with van der Waals surface area (Å²) in [5, 5.41) is 4.36. The van der Waals surface area contributed by atoms with Crippen molar-refractivity contribution < 1.29 is 9.53 Å². The fourth-order valence-corrected chi connectivity index (χ4v) is 2.63. The highest BCUT2D eigenvalue weighted by molar-refractivity contribution is 6.05. The molecule has 120 valence electrons. The zero-order valence-corrected chi connectivity index (χ0v) is 12.9. The van der Waals surface area contributed by atoms with E-state index in [9.17, 15) is 4.79 Å². The van der Waals surface area contributed by atoms with Crippen LogP contribution in [0.3, 0.4) is 0 Å². The van der Waals surface area contributed by atoms with E-state index in [-0.39, 0.29) is 5.91 Å². The van der Waals surface area contributed by atoms with Crippen LogP contribution >= 0.6 is 0 Å². The molecule has 3 aromatic rings. The second kappa shape index (κ2) is 6.11. The summed E-state index contributed by atoms with van der Waals surface area (Å²) in [6, 6.07) is 13.2. The summed E-state index contributed by atoms with van der Waals surface area (Å²) in [4.78, 5) is 22.3. The first kappa shape index (κ1) is 14.4. The molecule has 0 bridgehead atoms. The number of hydrogen-bond acceptors (Lipinski definition) is 5. The second-order valence-corrected chi connectivity index (χ2v) is 5.39. The Morgan fingerprint density at radius 3 is 2.79 bits per heavy atom. The van der Waals surface area contributed by atoms with Gasteiger partial charge in [0.2, 0.25) is 5.88 Å². The lowest BCUT2D eigenvalue weighted by molar-refractivity contribution is 0.0961. The topological polar surface area (TPSA) is 73.1 Å². The zero-order chi connectivity index (χ0) is 16.4. The van der Waals surface area contributed by atoms with Crippen molar-refractivity contribution in [1.29, 1.82) is 0 Å². The lowest BCUT2D eigenvalue weighted by Crippen LogP contribution is -2.40. The van der Waals surface area contributed by atoms with Crippen LogP contribution in [0.4, 0.5) is 5.82 Å². The van der Waals surface area contributed by atoms with E-state index < -0.39 is 0 Å².